The molecule has 0 aliphatic carbocycles. The van der Waals surface area contributed by atoms with Gasteiger partial charge in [-0.2, -0.15) is 0 Å². The third-order valence-corrected chi connectivity index (χ3v) is 2.54. The standard InChI is InChI=1S/C10H20O.C2H7NO/c1-4-6-7-10(5-2)9(3)8-11;3-1-2-4/h8-10H,4-7H2,1-3H3;4H,1-3H2. The second-order valence-electron chi connectivity index (χ2n) is 3.82. The average Bonchev–Trinajstić information content (AvgIpc) is 2.30. The first-order valence-corrected chi connectivity index (χ1v) is 5.93. The quantitative estimate of drug-likeness (QED) is 0.641. The molecule has 0 radical (unpaired) electrons. The number of hydrogen-bond acceptors (Lipinski definition) is 3. The van der Waals surface area contributed by atoms with Crippen molar-refractivity contribution in [2.24, 2.45) is 17.6 Å². The minimum absolute atomic E-state index is 0.0972. The van der Waals surface area contributed by atoms with Crippen molar-refractivity contribution >= 4 is 6.29 Å². The first-order valence-electron chi connectivity index (χ1n) is 5.93. The lowest BCUT2D eigenvalue weighted by Gasteiger charge is -2.16. The third kappa shape index (κ3) is 11.5. The number of rotatable bonds is 7. The van der Waals surface area contributed by atoms with Crippen molar-refractivity contribution in [3.05, 3.63) is 0 Å². The normalized spacial score (nSPS) is 13.7. The second-order valence-corrected chi connectivity index (χ2v) is 3.82. The molecule has 0 fully saturated rings. The van der Waals surface area contributed by atoms with Crippen molar-refractivity contribution in [2.45, 2.75) is 46.5 Å². The fourth-order valence-electron chi connectivity index (χ4n) is 1.42. The van der Waals surface area contributed by atoms with Gasteiger partial charge in [-0.25, -0.2) is 0 Å². The number of hydrogen-bond donors (Lipinski definition) is 2. The Bertz CT molecular complexity index is 127. The molecule has 0 aromatic rings. The van der Waals surface area contributed by atoms with Crippen LogP contribution in [-0.2, 0) is 4.79 Å². The number of carbonyl (C=O) groups is 1. The van der Waals surface area contributed by atoms with Crippen LogP contribution in [0.15, 0.2) is 0 Å². The first-order chi connectivity index (χ1) is 7.17. The lowest BCUT2D eigenvalue weighted by atomic mass is 9.88. The van der Waals surface area contributed by atoms with Crippen molar-refractivity contribution in [3.8, 4) is 0 Å². The zero-order valence-corrected chi connectivity index (χ0v) is 10.4. The Balaban J connectivity index is 0. The van der Waals surface area contributed by atoms with Crippen LogP contribution >= 0.6 is 0 Å². The van der Waals surface area contributed by atoms with Crippen LogP contribution in [-0.4, -0.2) is 24.5 Å². The summed E-state index contributed by atoms with van der Waals surface area (Å²) < 4.78 is 0. The van der Waals surface area contributed by atoms with Crippen LogP contribution in [0.1, 0.15) is 46.5 Å². The van der Waals surface area contributed by atoms with Gasteiger partial charge in [0.2, 0.25) is 0 Å². The summed E-state index contributed by atoms with van der Waals surface area (Å²) in [4.78, 5) is 10.5. The summed E-state index contributed by atoms with van der Waals surface area (Å²) in [6.45, 7) is 6.86. The molecule has 0 rings (SSSR count). The van der Waals surface area contributed by atoms with Gasteiger partial charge in [0.15, 0.2) is 0 Å². The summed E-state index contributed by atoms with van der Waals surface area (Å²) in [5, 5.41) is 7.75. The van der Waals surface area contributed by atoms with Crippen LogP contribution in [0.2, 0.25) is 0 Å². The number of nitrogens with two attached hydrogens (primary N) is 1. The zero-order chi connectivity index (χ0) is 12.1. The lowest BCUT2D eigenvalue weighted by Crippen LogP contribution is -2.11. The summed E-state index contributed by atoms with van der Waals surface area (Å²) in [7, 11) is 0. The molecule has 3 N–H and O–H groups in total. The predicted octanol–water partition coefficient (Wildman–Crippen LogP) is 1.98. The average molecular weight is 217 g/mol. The molecule has 0 aliphatic heterocycles. The molecule has 15 heavy (non-hydrogen) atoms. The SMILES string of the molecule is CCCCC(CC)C(C)C=O.NCCO. The molecule has 0 spiro atoms. The molecule has 0 aromatic carbocycles. The van der Waals surface area contributed by atoms with E-state index in [0.717, 1.165) is 12.7 Å². The molecule has 3 heteroatoms. The summed E-state index contributed by atoms with van der Waals surface area (Å²) in [6.07, 6.45) is 5.94. The van der Waals surface area contributed by atoms with E-state index < -0.39 is 0 Å². The summed E-state index contributed by atoms with van der Waals surface area (Å²) >= 11 is 0. The molecular formula is C12H27NO2. The number of unbranched alkanes of at least 4 members (excludes halogenated alkanes) is 1. The Hall–Kier alpha value is -0.410. The van der Waals surface area contributed by atoms with Gasteiger partial charge in [-0.3, -0.25) is 0 Å². The highest BCUT2D eigenvalue weighted by Crippen LogP contribution is 2.19. The van der Waals surface area contributed by atoms with Crippen molar-refractivity contribution < 1.29 is 9.90 Å². The van der Waals surface area contributed by atoms with E-state index in [1.807, 2.05) is 6.92 Å². The van der Waals surface area contributed by atoms with Gasteiger partial charge in [0.05, 0.1) is 6.61 Å². The monoisotopic (exact) mass is 217 g/mol. The van der Waals surface area contributed by atoms with Crippen molar-refractivity contribution in [1.82, 2.24) is 0 Å². The molecule has 0 amide bonds. The Kier molecular flexibility index (Phi) is 15.4. The predicted molar refractivity (Wildman–Crippen MR) is 64.7 cm³/mol. The maximum atomic E-state index is 10.5. The first kappa shape index (κ1) is 17.0. The molecule has 2 atom stereocenters. The van der Waals surface area contributed by atoms with Crippen LogP contribution in [0.25, 0.3) is 0 Å². The molecule has 3 nitrogen and oxygen atoms in total. The molecule has 92 valence electrons. The zero-order valence-electron chi connectivity index (χ0n) is 10.4. The second kappa shape index (κ2) is 13.6. The van der Waals surface area contributed by atoms with Gasteiger partial charge in [0, 0.05) is 12.5 Å². The van der Waals surface area contributed by atoms with Crippen LogP contribution < -0.4 is 5.73 Å². The van der Waals surface area contributed by atoms with Crippen LogP contribution in [0, 0.1) is 11.8 Å². The van der Waals surface area contributed by atoms with Crippen molar-refractivity contribution in [3.63, 3.8) is 0 Å². The van der Waals surface area contributed by atoms with E-state index in [4.69, 9.17) is 10.8 Å². The molecule has 0 aliphatic rings. The molecular weight excluding hydrogens is 190 g/mol. The van der Waals surface area contributed by atoms with E-state index in [9.17, 15) is 4.79 Å². The van der Waals surface area contributed by atoms with Crippen molar-refractivity contribution in [1.29, 1.82) is 0 Å². The van der Waals surface area contributed by atoms with Gasteiger partial charge in [-0.1, -0.05) is 40.0 Å². The van der Waals surface area contributed by atoms with Gasteiger partial charge in [0.1, 0.15) is 6.29 Å². The smallest absolute Gasteiger partial charge is 0.123 e. The maximum absolute atomic E-state index is 10.5. The maximum Gasteiger partial charge on any atom is 0.123 e. The van der Waals surface area contributed by atoms with E-state index in [2.05, 4.69) is 13.8 Å². The molecule has 0 saturated heterocycles. The van der Waals surface area contributed by atoms with E-state index >= 15 is 0 Å². The van der Waals surface area contributed by atoms with E-state index in [-0.39, 0.29) is 12.5 Å². The molecule has 0 heterocycles. The Morgan fingerprint density at radius 3 is 2.20 bits per heavy atom. The Morgan fingerprint density at radius 2 is 1.93 bits per heavy atom. The molecule has 2 unspecified atom stereocenters. The minimum Gasteiger partial charge on any atom is -0.395 e. The summed E-state index contributed by atoms with van der Waals surface area (Å²) in [5.74, 6) is 0.874. The van der Waals surface area contributed by atoms with E-state index in [1.165, 1.54) is 19.3 Å². The van der Waals surface area contributed by atoms with Crippen LogP contribution in [0.3, 0.4) is 0 Å². The highest BCUT2D eigenvalue weighted by Gasteiger charge is 2.12. The fourth-order valence-corrected chi connectivity index (χ4v) is 1.42. The van der Waals surface area contributed by atoms with Crippen molar-refractivity contribution in [2.75, 3.05) is 13.2 Å². The molecule has 0 bridgehead atoms. The number of carbonyl (C=O) groups excluding carboxylic acids is 1. The summed E-state index contributed by atoms with van der Waals surface area (Å²) in [6, 6.07) is 0. The molecule has 0 saturated carbocycles. The topological polar surface area (TPSA) is 63.3 Å². The van der Waals surface area contributed by atoms with Crippen LogP contribution in [0.5, 0.6) is 0 Å². The number of aliphatic hydroxyl groups is 1. The van der Waals surface area contributed by atoms with Crippen LogP contribution in [0.4, 0.5) is 0 Å². The van der Waals surface area contributed by atoms with Gasteiger partial charge < -0.3 is 15.6 Å². The van der Waals surface area contributed by atoms with Gasteiger partial charge in [-0.15, -0.1) is 0 Å². The summed E-state index contributed by atoms with van der Waals surface area (Å²) in [5.41, 5.74) is 4.78. The van der Waals surface area contributed by atoms with Gasteiger partial charge in [-0.05, 0) is 12.3 Å². The number of aldehydes is 1. The van der Waals surface area contributed by atoms with Gasteiger partial charge >= 0.3 is 0 Å². The largest absolute Gasteiger partial charge is 0.395 e. The number of aliphatic hydroxyl groups excluding tert-OH is 1. The van der Waals surface area contributed by atoms with E-state index in [1.54, 1.807) is 0 Å². The minimum atomic E-state index is 0.0972. The highest BCUT2D eigenvalue weighted by molar-refractivity contribution is 5.53. The molecule has 0 aromatic heterocycles. The Labute approximate surface area is 94.1 Å². The van der Waals surface area contributed by atoms with Gasteiger partial charge in [0.25, 0.3) is 0 Å². The van der Waals surface area contributed by atoms with E-state index in [0.29, 0.717) is 12.5 Å². The Morgan fingerprint density at radius 1 is 1.40 bits per heavy atom. The fraction of sp³-hybridized carbons (Fsp3) is 0.917. The lowest BCUT2D eigenvalue weighted by molar-refractivity contribution is -0.112. The highest BCUT2D eigenvalue weighted by atomic mass is 16.3. The third-order valence-electron chi connectivity index (χ3n) is 2.54.